The van der Waals surface area contributed by atoms with E-state index >= 15 is 0 Å². The molecule has 1 aromatic heterocycles. The van der Waals surface area contributed by atoms with Crippen LogP contribution in [0.2, 0.25) is 5.02 Å². The van der Waals surface area contributed by atoms with Crippen LogP contribution >= 0.6 is 22.9 Å². The van der Waals surface area contributed by atoms with Crippen molar-refractivity contribution in [2.75, 3.05) is 26.1 Å². The predicted octanol–water partition coefficient (Wildman–Crippen LogP) is 3.79. The molecule has 1 heterocycles. The maximum Gasteiger partial charge on any atom is 0.240 e. The first kappa shape index (κ1) is 23.0. The molecule has 0 unspecified atom stereocenters. The molecule has 0 saturated heterocycles. The number of hydrogen-bond donors (Lipinski definition) is 2. The highest BCUT2D eigenvalue weighted by Gasteiger charge is 2.16. The lowest BCUT2D eigenvalue weighted by Gasteiger charge is -2.08. The van der Waals surface area contributed by atoms with Crippen LogP contribution in [-0.2, 0) is 14.8 Å². The number of halogens is 1. The fourth-order valence-electron chi connectivity index (χ4n) is 2.67. The summed E-state index contributed by atoms with van der Waals surface area (Å²) >= 11 is 7.08. The van der Waals surface area contributed by atoms with Crippen molar-refractivity contribution >= 4 is 44.0 Å². The number of carbonyl (C=O) groups excluding carboxylic acids is 1. The normalized spacial score (nSPS) is 11.2. The van der Waals surface area contributed by atoms with E-state index in [2.05, 4.69) is 15.0 Å². The summed E-state index contributed by atoms with van der Waals surface area (Å²) in [6.07, 6.45) is -0.0583. The van der Waals surface area contributed by atoms with Gasteiger partial charge in [0.25, 0.3) is 0 Å². The number of carbonyl (C=O) groups is 1. The Labute approximate surface area is 189 Å². The Balaban J connectivity index is 1.59. The second kappa shape index (κ2) is 10.1. The molecule has 0 aliphatic carbocycles. The lowest BCUT2D eigenvalue weighted by molar-refractivity contribution is -0.116. The van der Waals surface area contributed by atoms with Crippen molar-refractivity contribution in [3.05, 3.63) is 52.9 Å². The van der Waals surface area contributed by atoms with Gasteiger partial charge < -0.3 is 14.8 Å². The Hall–Kier alpha value is -2.66. The van der Waals surface area contributed by atoms with Gasteiger partial charge in [0.15, 0.2) is 5.13 Å². The zero-order valence-electron chi connectivity index (χ0n) is 16.7. The van der Waals surface area contributed by atoms with Crippen molar-refractivity contribution in [2.24, 2.45) is 0 Å². The number of benzene rings is 2. The van der Waals surface area contributed by atoms with E-state index in [-0.39, 0.29) is 23.8 Å². The Kier molecular flexibility index (Phi) is 7.50. The smallest absolute Gasteiger partial charge is 0.240 e. The van der Waals surface area contributed by atoms with Gasteiger partial charge in [-0.3, -0.25) is 4.79 Å². The summed E-state index contributed by atoms with van der Waals surface area (Å²) in [5, 5.41) is 5.16. The van der Waals surface area contributed by atoms with Crippen LogP contribution in [0.3, 0.4) is 0 Å². The van der Waals surface area contributed by atoms with Crippen LogP contribution in [0.1, 0.15) is 6.42 Å². The topological polar surface area (TPSA) is 107 Å². The zero-order valence-corrected chi connectivity index (χ0v) is 19.1. The monoisotopic (exact) mass is 481 g/mol. The van der Waals surface area contributed by atoms with Gasteiger partial charge in [-0.25, -0.2) is 18.1 Å². The first-order valence-corrected chi connectivity index (χ1v) is 11.8. The molecular weight excluding hydrogens is 462 g/mol. The Morgan fingerprint density at radius 3 is 2.68 bits per heavy atom. The fourth-order valence-corrected chi connectivity index (χ4v) is 4.73. The van der Waals surface area contributed by atoms with E-state index in [0.29, 0.717) is 27.3 Å². The number of hydrogen-bond acceptors (Lipinski definition) is 7. The average Bonchev–Trinajstić information content (AvgIpc) is 3.21. The minimum atomic E-state index is -3.75. The van der Waals surface area contributed by atoms with E-state index in [0.717, 1.165) is 5.56 Å². The second-order valence-corrected chi connectivity index (χ2v) is 9.32. The molecule has 0 aliphatic heterocycles. The highest BCUT2D eigenvalue weighted by molar-refractivity contribution is 7.89. The number of ether oxygens (including phenoxy) is 2. The maximum absolute atomic E-state index is 12.3. The van der Waals surface area contributed by atoms with Gasteiger partial charge in [-0.05, 0) is 36.4 Å². The second-order valence-electron chi connectivity index (χ2n) is 6.26. The number of sulfonamides is 1. The largest absolute Gasteiger partial charge is 0.497 e. The van der Waals surface area contributed by atoms with E-state index in [9.17, 15) is 13.2 Å². The van der Waals surface area contributed by atoms with Gasteiger partial charge in [-0.2, -0.15) is 0 Å². The summed E-state index contributed by atoms with van der Waals surface area (Å²) in [7, 11) is -0.622. The van der Waals surface area contributed by atoms with Gasteiger partial charge in [0.2, 0.25) is 15.9 Å². The Morgan fingerprint density at radius 1 is 1.16 bits per heavy atom. The fraction of sp³-hybridized carbons (Fsp3) is 0.200. The summed E-state index contributed by atoms with van der Waals surface area (Å²) in [6, 6.07) is 11.2. The third kappa shape index (κ3) is 5.95. The highest BCUT2D eigenvalue weighted by Crippen LogP contribution is 2.35. The van der Waals surface area contributed by atoms with Crippen molar-refractivity contribution in [1.82, 2.24) is 9.71 Å². The Morgan fingerprint density at radius 2 is 1.97 bits per heavy atom. The summed E-state index contributed by atoms with van der Waals surface area (Å²) in [4.78, 5) is 16.7. The molecule has 1 amide bonds. The van der Waals surface area contributed by atoms with Crippen molar-refractivity contribution in [3.8, 4) is 22.8 Å². The van der Waals surface area contributed by atoms with E-state index in [1.54, 1.807) is 49.9 Å². The molecule has 0 spiro atoms. The van der Waals surface area contributed by atoms with Crippen molar-refractivity contribution < 1.29 is 22.7 Å². The van der Waals surface area contributed by atoms with Crippen LogP contribution in [0.25, 0.3) is 11.3 Å². The Bertz CT molecular complexity index is 1180. The maximum atomic E-state index is 12.3. The van der Waals surface area contributed by atoms with Crippen LogP contribution in [0, 0.1) is 0 Å². The quantitative estimate of drug-likeness (QED) is 0.481. The van der Waals surface area contributed by atoms with Gasteiger partial charge in [0.1, 0.15) is 11.5 Å². The summed E-state index contributed by atoms with van der Waals surface area (Å²) in [5.74, 6) is 0.910. The van der Waals surface area contributed by atoms with Crippen LogP contribution in [-0.4, -0.2) is 40.1 Å². The molecule has 0 fully saturated rings. The predicted molar refractivity (Wildman–Crippen MR) is 121 cm³/mol. The molecule has 0 aliphatic rings. The number of thiazole rings is 1. The van der Waals surface area contributed by atoms with E-state index < -0.39 is 10.0 Å². The molecule has 0 saturated carbocycles. The molecule has 3 rings (SSSR count). The molecule has 8 nitrogen and oxygen atoms in total. The van der Waals surface area contributed by atoms with E-state index in [1.165, 1.54) is 23.5 Å². The van der Waals surface area contributed by atoms with Gasteiger partial charge in [0.05, 0.1) is 24.8 Å². The highest BCUT2D eigenvalue weighted by atomic mass is 35.5. The van der Waals surface area contributed by atoms with Crippen LogP contribution in [0.4, 0.5) is 5.13 Å². The molecule has 2 N–H and O–H groups in total. The standard InChI is InChI=1S/C20H20ClN3O5S2/c1-28-14-6-7-18(29-2)16(11-14)17-12-30-20(23-17)24-19(25)8-9-22-31(26,27)15-5-3-4-13(21)10-15/h3-7,10-12,22H,8-9H2,1-2H3,(H,23,24,25). The van der Waals surface area contributed by atoms with Crippen molar-refractivity contribution in [1.29, 1.82) is 0 Å². The number of nitrogens with zero attached hydrogens (tertiary/aromatic N) is 1. The van der Waals surface area contributed by atoms with Gasteiger partial charge in [-0.15, -0.1) is 11.3 Å². The van der Waals surface area contributed by atoms with Crippen LogP contribution < -0.4 is 19.5 Å². The minimum Gasteiger partial charge on any atom is -0.497 e. The summed E-state index contributed by atoms with van der Waals surface area (Å²) < 4.78 is 37.5. The molecule has 0 bridgehead atoms. The van der Waals surface area contributed by atoms with Crippen LogP contribution in [0.15, 0.2) is 52.7 Å². The van der Waals surface area contributed by atoms with Gasteiger partial charge in [-0.1, -0.05) is 17.7 Å². The zero-order chi connectivity index (χ0) is 22.4. The number of nitrogens with one attached hydrogen (secondary N) is 2. The number of amides is 1. The number of rotatable bonds is 9. The molecular formula is C20H20ClN3O5S2. The molecule has 0 radical (unpaired) electrons. The number of methoxy groups -OCH3 is 2. The molecule has 31 heavy (non-hydrogen) atoms. The van der Waals surface area contributed by atoms with Gasteiger partial charge >= 0.3 is 0 Å². The van der Waals surface area contributed by atoms with Crippen LogP contribution in [0.5, 0.6) is 11.5 Å². The van der Waals surface area contributed by atoms with Crippen molar-refractivity contribution in [2.45, 2.75) is 11.3 Å². The minimum absolute atomic E-state index is 0.0391. The third-order valence-corrected chi connectivity index (χ3v) is 6.64. The van der Waals surface area contributed by atoms with Gasteiger partial charge in [0, 0.05) is 28.9 Å². The van der Waals surface area contributed by atoms with E-state index in [1.807, 2.05) is 0 Å². The molecule has 11 heteroatoms. The number of aromatic nitrogens is 1. The third-order valence-electron chi connectivity index (χ3n) is 4.18. The summed E-state index contributed by atoms with van der Waals surface area (Å²) in [6.45, 7) is -0.0668. The summed E-state index contributed by atoms with van der Waals surface area (Å²) in [5.41, 5.74) is 1.35. The molecule has 0 atom stereocenters. The molecule has 164 valence electrons. The molecule has 2 aromatic carbocycles. The first-order chi connectivity index (χ1) is 14.8. The number of anilines is 1. The van der Waals surface area contributed by atoms with E-state index in [4.69, 9.17) is 21.1 Å². The first-order valence-electron chi connectivity index (χ1n) is 9.05. The average molecular weight is 482 g/mol. The lowest BCUT2D eigenvalue weighted by atomic mass is 10.1. The lowest BCUT2D eigenvalue weighted by Crippen LogP contribution is -2.27. The SMILES string of the molecule is COc1ccc(OC)c(-c2csc(NC(=O)CCNS(=O)(=O)c3cccc(Cl)c3)n2)c1. The van der Waals surface area contributed by atoms with Crippen molar-refractivity contribution in [3.63, 3.8) is 0 Å². The molecule has 3 aromatic rings.